The zero-order valence-corrected chi connectivity index (χ0v) is 10.5. The van der Waals surface area contributed by atoms with Gasteiger partial charge in [-0.05, 0) is 22.6 Å². The normalized spacial score (nSPS) is 11.5. The van der Waals surface area contributed by atoms with Crippen LogP contribution in [0.5, 0.6) is 0 Å². The molecule has 0 unspecified atom stereocenters. The van der Waals surface area contributed by atoms with Gasteiger partial charge in [-0.15, -0.1) is 0 Å². The topological polar surface area (TPSA) is 96.8 Å². The molecular weight excluding hydrogens is 355 g/mol. The number of pyridine rings is 1. The molecular formula is C7H4F2IN3O2S. The van der Waals surface area contributed by atoms with Gasteiger partial charge in [0.1, 0.15) is 14.7 Å². The lowest BCUT2D eigenvalue weighted by Gasteiger charge is -2.09. The second kappa shape index (κ2) is 4.56. The predicted molar refractivity (Wildman–Crippen MR) is 58.0 cm³/mol. The van der Waals surface area contributed by atoms with Crippen LogP contribution < -0.4 is 5.14 Å². The summed E-state index contributed by atoms with van der Waals surface area (Å²) in [5, 5.41) is 13.4. The molecule has 1 heterocycles. The Morgan fingerprint density at radius 2 is 2.12 bits per heavy atom. The number of nitrogens with zero attached hydrogens (tertiary/aromatic N) is 2. The largest absolute Gasteiger partial charge is 0.266 e. The Balaban J connectivity index is 3.78. The molecule has 0 aromatic carbocycles. The first-order valence-corrected chi connectivity index (χ1v) is 6.31. The van der Waals surface area contributed by atoms with E-state index in [1.54, 1.807) is 0 Å². The van der Waals surface area contributed by atoms with Crippen molar-refractivity contribution < 1.29 is 17.2 Å². The third kappa shape index (κ3) is 2.45. The number of alkyl halides is 2. The molecule has 9 heteroatoms. The summed E-state index contributed by atoms with van der Waals surface area (Å²) in [6.07, 6.45) is -2.22. The maximum atomic E-state index is 12.7. The Hall–Kier alpha value is -0.860. The highest BCUT2D eigenvalue weighted by Crippen LogP contribution is 2.30. The van der Waals surface area contributed by atoms with Crippen LogP contribution in [0.3, 0.4) is 0 Å². The first-order valence-electron chi connectivity index (χ1n) is 3.68. The Morgan fingerprint density at radius 1 is 1.56 bits per heavy atom. The maximum absolute atomic E-state index is 12.7. The zero-order chi connectivity index (χ0) is 12.5. The van der Waals surface area contributed by atoms with Crippen molar-refractivity contribution in [3.8, 4) is 6.07 Å². The summed E-state index contributed by atoms with van der Waals surface area (Å²) in [5.41, 5.74) is -1.40. The lowest BCUT2D eigenvalue weighted by atomic mass is 10.1. The van der Waals surface area contributed by atoms with Crippen LogP contribution in [-0.4, -0.2) is 13.4 Å². The van der Waals surface area contributed by atoms with Crippen LogP contribution >= 0.6 is 22.6 Å². The van der Waals surface area contributed by atoms with Gasteiger partial charge in [0.25, 0.3) is 6.43 Å². The minimum Gasteiger partial charge on any atom is -0.247 e. The van der Waals surface area contributed by atoms with Crippen molar-refractivity contribution in [1.82, 2.24) is 4.98 Å². The van der Waals surface area contributed by atoms with E-state index in [-0.39, 0.29) is 3.70 Å². The van der Waals surface area contributed by atoms with Gasteiger partial charge in [-0.3, -0.25) is 0 Å². The van der Waals surface area contributed by atoms with Crippen LogP contribution in [0, 0.1) is 15.0 Å². The second-order valence-corrected chi connectivity index (χ2v) is 5.18. The van der Waals surface area contributed by atoms with Gasteiger partial charge in [-0.25, -0.2) is 27.3 Å². The van der Waals surface area contributed by atoms with E-state index in [2.05, 4.69) is 4.98 Å². The molecule has 0 saturated carbocycles. The summed E-state index contributed by atoms with van der Waals surface area (Å²) < 4.78 is 47.5. The monoisotopic (exact) mass is 359 g/mol. The van der Waals surface area contributed by atoms with Gasteiger partial charge in [-0.1, -0.05) is 0 Å². The SMILES string of the molecule is N#Cc1cnc(I)c(S(N)(=O)=O)c1C(F)F. The first kappa shape index (κ1) is 13.2. The molecule has 1 aromatic rings. The van der Waals surface area contributed by atoms with Crippen LogP contribution in [-0.2, 0) is 10.0 Å². The maximum Gasteiger partial charge on any atom is 0.266 e. The Bertz CT molecular complexity index is 568. The van der Waals surface area contributed by atoms with Gasteiger partial charge >= 0.3 is 0 Å². The summed E-state index contributed by atoms with van der Waals surface area (Å²) >= 11 is 1.46. The molecule has 0 radical (unpaired) electrons. The van der Waals surface area contributed by atoms with Crippen molar-refractivity contribution in [1.29, 1.82) is 5.26 Å². The van der Waals surface area contributed by atoms with Crippen LogP contribution in [0.4, 0.5) is 8.78 Å². The fraction of sp³-hybridized carbons (Fsp3) is 0.143. The number of aromatic nitrogens is 1. The van der Waals surface area contributed by atoms with Gasteiger partial charge < -0.3 is 0 Å². The summed E-state index contributed by atoms with van der Waals surface area (Å²) in [7, 11) is -4.34. The number of hydrogen-bond acceptors (Lipinski definition) is 4. The minimum atomic E-state index is -4.34. The predicted octanol–water partition coefficient (Wildman–Crippen LogP) is 1.14. The molecule has 0 bridgehead atoms. The van der Waals surface area contributed by atoms with Crippen LogP contribution in [0.1, 0.15) is 17.6 Å². The molecule has 0 amide bonds. The van der Waals surface area contributed by atoms with E-state index in [0.717, 1.165) is 6.20 Å². The fourth-order valence-electron chi connectivity index (χ4n) is 1.06. The number of halogens is 3. The van der Waals surface area contributed by atoms with Gasteiger partial charge in [0.15, 0.2) is 0 Å². The molecule has 0 saturated heterocycles. The van der Waals surface area contributed by atoms with Crippen molar-refractivity contribution in [3.05, 3.63) is 21.0 Å². The Kier molecular flexibility index (Phi) is 3.76. The van der Waals surface area contributed by atoms with Crippen molar-refractivity contribution in [2.75, 3.05) is 0 Å². The van der Waals surface area contributed by atoms with E-state index in [4.69, 9.17) is 10.4 Å². The average Bonchev–Trinajstić information content (AvgIpc) is 2.15. The summed E-state index contributed by atoms with van der Waals surface area (Å²) in [5.74, 6) is 0. The number of rotatable bonds is 2. The van der Waals surface area contributed by atoms with Crippen LogP contribution in [0.15, 0.2) is 11.1 Å². The third-order valence-electron chi connectivity index (χ3n) is 1.65. The first-order chi connectivity index (χ1) is 7.29. The molecule has 1 aromatic heterocycles. The molecule has 0 fully saturated rings. The number of hydrogen-bond donors (Lipinski definition) is 1. The molecule has 0 atom stereocenters. The van der Waals surface area contributed by atoms with E-state index >= 15 is 0 Å². The van der Waals surface area contributed by atoms with Gasteiger partial charge in [-0.2, -0.15) is 5.26 Å². The summed E-state index contributed by atoms with van der Waals surface area (Å²) in [4.78, 5) is 2.74. The molecule has 0 aliphatic rings. The van der Waals surface area contributed by atoms with E-state index in [1.165, 1.54) is 28.7 Å². The summed E-state index contributed by atoms with van der Waals surface area (Å²) in [6.45, 7) is 0. The fourth-order valence-corrected chi connectivity index (χ4v) is 3.20. The second-order valence-electron chi connectivity index (χ2n) is 2.66. The van der Waals surface area contributed by atoms with Gasteiger partial charge in [0, 0.05) is 6.20 Å². The van der Waals surface area contributed by atoms with Crippen LogP contribution in [0.2, 0.25) is 0 Å². The molecule has 0 spiro atoms. The summed E-state index contributed by atoms with van der Waals surface area (Å²) in [6, 6.07) is 1.45. The van der Waals surface area contributed by atoms with E-state index in [9.17, 15) is 17.2 Å². The quantitative estimate of drug-likeness (QED) is 0.633. The zero-order valence-electron chi connectivity index (χ0n) is 7.49. The van der Waals surface area contributed by atoms with Crippen molar-refractivity contribution in [2.24, 2.45) is 5.14 Å². The molecule has 86 valence electrons. The highest BCUT2D eigenvalue weighted by molar-refractivity contribution is 14.1. The standard InChI is InChI=1S/C7H4F2IN3O2S/c8-6(9)4-3(1-11)2-13-7(10)5(4)16(12,14)15/h2,6H,(H2,12,14,15). The average molecular weight is 359 g/mol. The van der Waals surface area contributed by atoms with Crippen molar-refractivity contribution in [2.45, 2.75) is 11.3 Å². The molecule has 2 N–H and O–H groups in total. The number of sulfonamides is 1. The van der Waals surface area contributed by atoms with Crippen molar-refractivity contribution in [3.63, 3.8) is 0 Å². The van der Waals surface area contributed by atoms with Crippen molar-refractivity contribution >= 4 is 32.6 Å². The molecule has 16 heavy (non-hydrogen) atoms. The smallest absolute Gasteiger partial charge is 0.247 e. The third-order valence-corrected chi connectivity index (χ3v) is 3.82. The molecule has 0 aliphatic heterocycles. The molecule has 1 rings (SSSR count). The highest BCUT2D eigenvalue weighted by atomic mass is 127. The van der Waals surface area contributed by atoms with E-state index in [1.807, 2.05) is 0 Å². The van der Waals surface area contributed by atoms with E-state index < -0.39 is 32.5 Å². The minimum absolute atomic E-state index is 0.186. The lowest BCUT2D eigenvalue weighted by molar-refractivity contribution is 0.147. The van der Waals surface area contributed by atoms with Gasteiger partial charge in [0.2, 0.25) is 10.0 Å². The lowest BCUT2D eigenvalue weighted by Crippen LogP contribution is -2.18. The van der Waals surface area contributed by atoms with Gasteiger partial charge in [0.05, 0.1) is 11.1 Å². The Labute approximate surface area is 103 Å². The Morgan fingerprint density at radius 3 is 2.50 bits per heavy atom. The van der Waals surface area contributed by atoms with Crippen LogP contribution in [0.25, 0.3) is 0 Å². The van der Waals surface area contributed by atoms with E-state index in [0.29, 0.717) is 0 Å². The number of nitrogens with two attached hydrogens (primary N) is 1. The molecule has 5 nitrogen and oxygen atoms in total. The molecule has 0 aliphatic carbocycles. The number of primary sulfonamides is 1. The highest BCUT2D eigenvalue weighted by Gasteiger charge is 2.27. The number of nitriles is 1.